The van der Waals surface area contributed by atoms with Gasteiger partial charge in [0.25, 0.3) is 0 Å². The summed E-state index contributed by atoms with van der Waals surface area (Å²) in [6.45, 7) is 3.97. The van der Waals surface area contributed by atoms with Crippen molar-refractivity contribution in [2.45, 2.75) is 18.2 Å². The van der Waals surface area contributed by atoms with Crippen molar-refractivity contribution < 1.29 is 9.53 Å². The molecule has 2 nitrogen and oxygen atoms in total. The fourth-order valence-electron chi connectivity index (χ4n) is 1.52. The molecule has 0 bridgehead atoms. The number of benzene rings is 1. The van der Waals surface area contributed by atoms with E-state index < -0.39 is 4.32 Å². The summed E-state index contributed by atoms with van der Waals surface area (Å²) in [6, 6.07) is 9.60. The van der Waals surface area contributed by atoms with E-state index >= 15 is 0 Å². The molecule has 15 heavy (non-hydrogen) atoms. The Balaban J connectivity index is 3.19. The van der Waals surface area contributed by atoms with Crippen molar-refractivity contribution in [3.63, 3.8) is 0 Å². The lowest BCUT2D eigenvalue weighted by Crippen LogP contribution is -2.35. The van der Waals surface area contributed by atoms with E-state index in [9.17, 15) is 4.79 Å². The van der Waals surface area contributed by atoms with Crippen LogP contribution in [0.15, 0.2) is 30.3 Å². The molecule has 1 aromatic rings. The number of rotatable bonds is 3. The molecule has 0 amide bonds. The average Bonchev–Trinajstić information content (AvgIpc) is 2.27. The molecule has 0 aliphatic carbocycles. The van der Waals surface area contributed by atoms with Crippen LogP contribution in [0.25, 0.3) is 0 Å². The number of ether oxygens (including phenoxy) is 1. The van der Waals surface area contributed by atoms with Crippen molar-refractivity contribution >= 4 is 21.9 Å². The standard InChI is InChI=1S/C12H15BrO2/c1-9(2)12(13,11(14)15-3)10-7-5-4-6-8-10/h4-9H,1-3H3. The van der Waals surface area contributed by atoms with Gasteiger partial charge in [-0.05, 0) is 11.5 Å². The SMILES string of the molecule is COC(=O)C(Br)(c1ccccc1)C(C)C. The summed E-state index contributed by atoms with van der Waals surface area (Å²) in [5.74, 6) is -0.143. The fourth-order valence-corrected chi connectivity index (χ4v) is 1.94. The van der Waals surface area contributed by atoms with Gasteiger partial charge in [0.2, 0.25) is 0 Å². The van der Waals surface area contributed by atoms with Gasteiger partial charge in [-0.3, -0.25) is 4.79 Å². The third kappa shape index (κ3) is 2.23. The highest BCUT2D eigenvalue weighted by Gasteiger charge is 2.41. The molecule has 0 saturated carbocycles. The summed E-state index contributed by atoms with van der Waals surface area (Å²) in [6.07, 6.45) is 0. The minimum Gasteiger partial charge on any atom is -0.468 e. The summed E-state index contributed by atoms with van der Waals surface area (Å²) in [5.41, 5.74) is 0.923. The number of hydrogen-bond donors (Lipinski definition) is 0. The Morgan fingerprint density at radius 1 is 1.33 bits per heavy atom. The van der Waals surface area contributed by atoms with Crippen molar-refractivity contribution in [2.24, 2.45) is 5.92 Å². The first-order valence-corrected chi connectivity index (χ1v) is 5.65. The van der Waals surface area contributed by atoms with Crippen LogP contribution in [-0.4, -0.2) is 13.1 Å². The molecule has 1 unspecified atom stereocenters. The summed E-state index contributed by atoms with van der Waals surface area (Å²) in [5, 5.41) is 0. The number of alkyl halides is 1. The topological polar surface area (TPSA) is 26.3 Å². The van der Waals surface area contributed by atoms with E-state index in [2.05, 4.69) is 15.9 Å². The first kappa shape index (κ1) is 12.2. The third-order valence-electron chi connectivity index (χ3n) is 2.47. The monoisotopic (exact) mass is 270 g/mol. The van der Waals surface area contributed by atoms with E-state index in [1.807, 2.05) is 44.2 Å². The van der Waals surface area contributed by atoms with Gasteiger partial charge in [-0.25, -0.2) is 0 Å². The largest absolute Gasteiger partial charge is 0.468 e. The van der Waals surface area contributed by atoms with Crippen molar-refractivity contribution in [1.29, 1.82) is 0 Å². The number of methoxy groups -OCH3 is 1. The van der Waals surface area contributed by atoms with Crippen LogP contribution in [-0.2, 0) is 13.9 Å². The molecule has 82 valence electrons. The van der Waals surface area contributed by atoms with Crippen LogP contribution in [0.2, 0.25) is 0 Å². The quantitative estimate of drug-likeness (QED) is 0.623. The molecule has 0 saturated heterocycles. The van der Waals surface area contributed by atoms with Crippen LogP contribution in [0.4, 0.5) is 0 Å². The van der Waals surface area contributed by atoms with Gasteiger partial charge in [-0.2, -0.15) is 0 Å². The smallest absolute Gasteiger partial charge is 0.327 e. The first-order valence-electron chi connectivity index (χ1n) is 4.86. The van der Waals surface area contributed by atoms with Crippen molar-refractivity contribution in [2.75, 3.05) is 7.11 Å². The van der Waals surface area contributed by atoms with Gasteiger partial charge in [0.1, 0.15) is 4.32 Å². The van der Waals surface area contributed by atoms with Crippen molar-refractivity contribution in [1.82, 2.24) is 0 Å². The molecule has 1 atom stereocenters. The van der Waals surface area contributed by atoms with Crippen LogP contribution in [0.5, 0.6) is 0 Å². The second kappa shape index (κ2) is 4.79. The molecule has 1 rings (SSSR count). The number of carbonyl (C=O) groups is 1. The highest BCUT2D eigenvalue weighted by molar-refractivity contribution is 9.10. The van der Waals surface area contributed by atoms with Gasteiger partial charge < -0.3 is 4.74 Å². The van der Waals surface area contributed by atoms with E-state index in [0.29, 0.717) is 0 Å². The minimum absolute atomic E-state index is 0.118. The van der Waals surface area contributed by atoms with Crippen LogP contribution in [0.1, 0.15) is 19.4 Å². The normalized spacial score (nSPS) is 14.7. The number of esters is 1. The van der Waals surface area contributed by atoms with E-state index in [4.69, 9.17) is 4.74 Å². The van der Waals surface area contributed by atoms with Gasteiger partial charge in [0, 0.05) is 0 Å². The molecule has 0 radical (unpaired) electrons. The molecule has 0 aliphatic heterocycles. The molecule has 3 heteroatoms. The number of carbonyl (C=O) groups excluding carboxylic acids is 1. The predicted molar refractivity (Wildman–Crippen MR) is 63.9 cm³/mol. The Kier molecular flexibility index (Phi) is 3.91. The van der Waals surface area contributed by atoms with Crippen LogP contribution in [0, 0.1) is 5.92 Å². The summed E-state index contributed by atoms with van der Waals surface area (Å²) < 4.78 is 4.10. The van der Waals surface area contributed by atoms with E-state index in [-0.39, 0.29) is 11.9 Å². The van der Waals surface area contributed by atoms with Crippen LogP contribution >= 0.6 is 15.9 Å². The molecule has 1 aromatic carbocycles. The van der Waals surface area contributed by atoms with Gasteiger partial charge in [-0.15, -0.1) is 0 Å². The van der Waals surface area contributed by atoms with Gasteiger partial charge in [0.15, 0.2) is 0 Å². The third-order valence-corrected chi connectivity index (χ3v) is 4.17. The zero-order valence-corrected chi connectivity index (χ0v) is 10.7. The predicted octanol–water partition coefficient (Wildman–Crippen LogP) is 3.11. The molecule has 0 aliphatic rings. The lowest BCUT2D eigenvalue weighted by Gasteiger charge is -2.29. The molecular weight excluding hydrogens is 256 g/mol. The van der Waals surface area contributed by atoms with E-state index in [1.54, 1.807) is 0 Å². The maximum absolute atomic E-state index is 11.8. The van der Waals surface area contributed by atoms with Crippen molar-refractivity contribution in [3.8, 4) is 0 Å². The maximum atomic E-state index is 11.8. The highest BCUT2D eigenvalue weighted by Crippen LogP contribution is 2.39. The second-order valence-electron chi connectivity index (χ2n) is 3.72. The Bertz CT molecular complexity index is 335. The van der Waals surface area contributed by atoms with E-state index in [1.165, 1.54) is 7.11 Å². The van der Waals surface area contributed by atoms with E-state index in [0.717, 1.165) is 5.56 Å². The highest BCUT2D eigenvalue weighted by atomic mass is 79.9. The van der Waals surface area contributed by atoms with Crippen molar-refractivity contribution in [3.05, 3.63) is 35.9 Å². The zero-order valence-electron chi connectivity index (χ0n) is 9.16. The Morgan fingerprint density at radius 2 is 1.87 bits per heavy atom. The maximum Gasteiger partial charge on any atom is 0.327 e. The second-order valence-corrected chi connectivity index (χ2v) is 4.97. The van der Waals surface area contributed by atoms with Gasteiger partial charge in [-0.1, -0.05) is 60.1 Å². The van der Waals surface area contributed by atoms with Gasteiger partial charge in [0.05, 0.1) is 7.11 Å². The Labute approximate surface area is 98.8 Å². The summed E-state index contributed by atoms with van der Waals surface area (Å²) >= 11 is 3.51. The van der Waals surface area contributed by atoms with Gasteiger partial charge >= 0.3 is 5.97 Å². The molecular formula is C12H15BrO2. The zero-order chi connectivity index (χ0) is 11.5. The van der Waals surface area contributed by atoms with Crippen LogP contribution in [0.3, 0.4) is 0 Å². The minimum atomic E-state index is -0.747. The average molecular weight is 271 g/mol. The Morgan fingerprint density at radius 3 is 2.27 bits per heavy atom. The summed E-state index contributed by atoms with van der Waals surface area (Å²) in [4.78, 5) is 11.8. The molecule has 0 spiro atoms. The molecule has 0 heterocycles. The molecule has 0 N–H and O–H groups in total. The summed E-state index contributed by atoms with van der Waals surface area (Å²) in [7, 11) is 1.41. The fraction of sp³-hybridized carbons (Fsp3) is 0.417. The lowest BCUT2D eigenvalue weighted by molar-refractivity contribution is -0.144. The lowest BCUT2D eigenvalue weighted by atomic mass is 9.88. The number of halogens is 1. The van der Waals surface area contributed by atoms with Crippen LogP contribution < -0.4 is 0 Å². The molecule has 0 fully saturated rings. The molecule has 0 aromatic heterocycles. The Hall–Kier alpha value is -0.830. The number of hydrogen-bond acceptors (Lipinski definition) is 2. The first-order chi connectivity index (χ1) is 7.03.